The number of anilines is 1. The van der Waals surface area contributed by atoms with Gasteiger partial charge in [-0.3, -0.25) is 4.79 Å². The molecule has 42 heavy (non-hydrogen) atoms. The van der Waals surface area contributed by atoms with Crippen LogP contribution in [0.25, 0.3) is 11.5 Å². The first-order chi connectivity index (χ1) is 18.5. The Morgan fingerprint density at radius 3 is 1.48 bits per heavy atom. The first-order valence-corrected chi connectivity index (χ1v) is 9.53. The van der Waals surface area contributed by atoms with Crippen molar-refractivity contribution in [2.45, 2.75) is 41.7 Å². The van der Waals surface area contributed by atoms with Crippen LogP contribution in [0.2, 0.25) is 0 Å². The van der Waals surface area contributed by atoms with Crippen molar-refractivity contribution in [3.63, 3.8) is 0 Å². The van der Waals surface area contributed by atoms with Gasteiger partial charge < -0.3 is 14.9 Å². The Morgan fingerprint density at radius 2 is 1.07 bits per heavy atom. The Hall–Kier alpha value is -3.70. The molecule has 0 atom stereocenters. The third-order valence-corrected chi connectivity index (χ3v) is 4.93. The maximum Gasteiger partial charge on any atom is 0.460 e. The molecule has 0 aliphatic rings. The number of carbonyl (C=O) groups is 1. The van der Waals surface area contributed by atoms with Gasteiger partial charge in [-0.05, 0) is 0 Å². The second kappa shape index (κ2) is 9.95. The number of alkyl halides is 15. The Bertz CT molecular complexity index is 1340. The minimum atomic E-state index is -8.66. The van der Waals surface area contributed by atoms with Crippen molar-refractivity contribution >= 4 is 11.7 Å². The number of aromatic nitrogens is 2. The van der Waals surface area contributed by atoms with Crippen molar-refractivity contribution in [1.29, 1.82) is 0 Å². The molecule has 0 spiro atoms. The number of hydrogen-bond acceptors (Lipinski definition) is 5. The molecule has 25 heteroatoms. The molecule has 6 nitrogen and oxygen atoms in total. The Morgan fingerprint density at radius 1 is 0.667 bits per heavy atom. The van der Waals surface area contributed by atoms with Crippen LogP contribution < -0.4 is 5.32 Å². The third-order valence-electron chi connectivity index (χ3n) is 4.93. The molecule has 1 heterocycles. The summed E-state index contributed by atoms with van der Waals surface area (Å²) in [6.45, 7) is -1.43. The van der Waals surface area contributed by atoms with Gasteiger partial charge in [0, 0.05) is 0 Å². The molecule has 0 fully saturated rings. The van der Waals surface area contributed by atoms with Crippen LogP contribution in [0.15, 0.2) is 4.52 Å². The van der Waals surface area contributed by atoms with E-state index in [-0.39, 0.29) is 0 Å². The van der Waals surface area contributed by atoms with E-state index in [1.165, 1.54) is 5.32 Å². The molecule has 0 aliphatic carbocycles. The van der Waals surface area contributed by atoms with Gasteiger partial charge in [-0.15, -0.1) is 0 Å². The monoisotopic (exact) mass is 659 g/mol. The minimum absolute atomic E-state index is 1.30. The van der Waals surface area contributed by atoms with Gasteiger partial charge in [0.05, 0.1) is 0 Å². The number of benzene rings is 1. The van der Waals surface area contributed by atoms with Crippen LogP contribution in [-0.2, 0) is 10.7 Å². The normalized spacial score (nSPS) is 14.4. The number of carboxylic acid groups (broad SMARTS) is 1. The van der Waals surface area contributed by atoms with Crippen molar-refractivity contribution in [2.75, 3.05) is 11.9 Å². The van der Waals surface area contributed by atoms with Gasteiger partial charge in [-0.2, -0.15) is 70.8 Å². The highest BCUT2D eigenvalue weighted by molar-refractivity contribution is 5.73. The fourth-order valence-corrected chi connectivity index (χ4v) is 2.70. The zero-order chi connectivity index (χ0) is 33.2. The summed E-state index contributed by atoms with van der Waals surface area (Å²) >= 11 is 0. The van der Waals surface area contributed by atoms with Gasteiger partial charge in [-0.25, -0.2) is 17.6 Å². The highest BCUT2D eigenvalue weighted by Crippen LogP contribution is 2.63. The molecule has 0 radical (unpaired) electrons. The molecule has 2 aromatic rings. The molecular weight excluding hydrogens is 655 g/mol. The molecule has 1 aromatic heterocycles. The van der Waals surface area contributed by atoms with Gasteiger partial charge in [-0.1, -0.05) is 5.16 Å². The molecule has 238 valence electrons. The summed E-state index contributed by atoms with van der Waals surface area (Å²) in [6, 6.07) is 0. The minimum Gasteiger partial charge on any atom is -0.480 e. The summed E-state index contributed by atoms with van der Waals surface area (Å²) < 4.78 is 260. The van der Waals surface area contributed by atoms with Crippen LogP contribution in [0.1, 0.15) is 5.82 Å². The van der Waals surface area contributed by atoms with E-state index in [9.17, 15) is 88.2 Å². The van der Waals surface area contributed by atoms with Gasteiger partial charge >= 0.3 is 47.7 Å². The summed E-state index contributed by atoms with van der Waals surface area (Å²) in [5.41, 5.74) is -4.32. The molecule has 1 aromatic carbocycles. The standard InChI is InChI=1S/C17H4F19N3O3/c18-4-3(5(19)7(21)8(6(4)20)37-1-2(40)41)9-38-10(39-42-9)11(22,23)12(24,25)13(26,27)14(28,29)15(30,31)16(32,33)17(34,35)36/h37H,1H2,(H,40,41). The number of nitrogens with one attached hydrogen (secondary N) is 1. The van der Waals surface area contributed by atoms with E-state index >= 15 is 0 Å². The second-order valence-corrected chi connectivity index (χ2v) is 7.62. The van der Waals surface area contributed by atoms with Crippen LogP contribution in [0, 0.1) is 23.3 Å². The summed E-state index contributed by atoms with van der Waals surface area (Å²) in [5.74, 6) is -67.9. The van der Waals surface area contributed by atoms with Crippen LogP contribution >= 0.6 is 0 Å². The largest absolute Gasteiger partial charge is 0.480 e. The fraction of sp³-hybridized carbons (Fsp3) is 0.471. The highest BCUT2D eigenvalue weighted by atomic mass is 19.4. The van der Waals surface area contributed by atoms with Crippen LogP contribution in [-0.4, -0.2) is 63.6 Å². The predicted molar refractivity (Wildman–Crippen MR) is 90.4 cm³/mol. The van der Waals surface area contributed by atoms with Crippen molar-refractivity contribution < 1.29 is 97.8 Å². The molecule has 2 N–H and O–H groups in total. The average Bonchev–Trinajstić information content (AvgIpc) is 3.32. The van der Waals surface area contributed by atoms with Gasteiger partial charge in [0.25, 0.3) is 5.89 Å². The number of halogens is 19. The second-order valence-electron chi connectivity index (χ2n) is 7.62. The van der Waals surface area contributed by atoms with E-state index in [0.717, 1.165) is 0 Å². The lowest BCUT2D eigenvalue weighted by Gasteiger charge is -2.40. The topological polar surface area (TPSA) is 88.2 Å². The molecule has 0 saturated carbocycles. The number of aliphatic carboxylic acids is 1. The summed E-state index contributed by atoms with van der Waals surface area (Å²) in [4.78, 5) is 12.4. The smallest absolute Gasteiger partial charge is 0.460 e. The van der Waals surface area contributed by atoms with E-state index in [2.05, 4.69) is 4.52 Å². The highest BCUT2D eigenvalue weighted by Gasteiger charge is 2.93. The van der Waals surface area contributed by atoms with E-state index in [1.54, 1.807) is 5.16 Å². The number of nitrogens with zero attached hydrogens (tertiary/aromatic N) is 2. The summed E-state index contributed by atoms with van der Waals surface area (Å²) in [7, 11) is 0. The number of carboxylic acids is 1. The van der Waals surface area contributed by atoms with Crippen molar-refractivity contribution in [3.05, 3.63) is 29.1 Å². The first kappa shape index (κ1) is 34.5. The van der Waals surface area contributed by atoms with Gasteiger partial charge in [0.2, 0.25) is 5.82 Å². The maximum absolute atomic E-state index is 14.2. The van der Waals surface area contributed by atoms with Crippen molar-refractivity contribution in [3.8, 4) is 11.5 Å². The maximum atomic E-state index is 14.2. The molecule has 2 rings (SSSR count). The van der Waals surface area contributed by atoms with Crippen LogP contribution in [0.3, 0.4) is 0 Å². The first-order valence-electron chi connectivity index (χ1n) is 9.53. The number of rotatable bonds is 10. The molecule has 0 unspecified atom stereocenters. The lowest BCUT2D eigenvalue weighted by atomic mass is 9.91. The van der Waals surface area contributed by atoms with E-state index in [4.69, 9.17) is 5.11 Å². The predicted octanol–water partition coefficient (Wildman–Crippen LogP) is 6.62. The molecule has 0 aliphatic heterocycles. The quantitative estimate of drug-likeness (QED) is 0.220. The van der Waals surface area contributed by atoms with Gasteiger partial charge in [0.15, 0.2) is 23.3 Å². The van der Waals surface area contributed by atoms with E-state index in [1.807, 2.05) is 4.98 Å². The van der Waals surface area contributed by atoms with Crippen molar-refractivity contribution in [1.82, 2.24) is 10.1 Å². The zero-order valence-electron chi connectivity index (χ0n) is 18.5. The van der Waals surface area contributed by atoms with E-state index in [0.29, 0.717) is 0 Å². The summed E-state index contributed by atoms with van der Waals surface area (Å²) in [6.07, 6.45) is -7.84. The Balaban J connectivity index is 2.66. The van der Waals surface area contributed by atoms with Crippen molar-refractivity contribution in [2.24, 2.45) is 0 Å². The lowest BCUT2D eigenvalue weighted by molar-refractivity contribution is -0.454. The van der Waals surface area contributed by atoms with Crippen LogP contribution in [0.5, 0.6) is 0 Å². The van der Waals surface area contributed by atoms with Crippen LogP contribution in [0.4, 0.5) is 89.1 Å². The Labute approximate surface area is 215 Å². The molecule has 0 bridgehead atoms. The number of hydrogen-bond donors (Lipinski definition) is 2. The molecule has 0 amide bonds. The lowest BCUT2D eigenvalue weighted by Crippen LogP contribution is -2.72. The zero-order valence-corrected chi connectivity index (χ0v) is 18.5. The third kappa shape index (κ3) is 4.68. The average molecular weight is 659 g/mol. The Kier molecular flexibility index (Phi) is 8.17. The van der Waals surface area contributed by atoms with E-state index < -0.39 is 100 Å². The van der Waals surface area contributed by atoms with Gasteiger partial charge in [0.1, 0.15) is 17.8 Å². The molecular formula is C17H4F19N3O3. The SMILES string of the molecule is O=C(O)CNc1c(F)c(F)c(-c2nc(C(F)(F)C(F)(F)C(F)(F)C(F)(F)C(F)(F)C(F)(F)C(F)(F)F)no2)c(F)c1F. The summed E-state index contributed by atoms with van der Waals surface area (Å²) in [5, 5.41) is 11.4. The molecule has 0 saturated heterocycles. The fourth-order valence-electron chi connectivity index (χ4n) is 2.70.